The van der Waals surface area contributed by atoms with Crippen molar-refractivity contribution >= 4 is 17.5 Å². The number of rotatable bonds is 6. The lowest BCUT2D eigenvalue weighted by atomic mass is 10.1. The smallest absolute Gasteiger partial charge is 0.274 e. The molecule has 0 aliphatic rings. The van der Waals surface area contributed by atoms with E-state index in [0.29, 0.717) is 22.7 Å². The number of methoxy groups -OCH3 is 1. The Morgan fingerprint density at radius 1 is 1.12 bits per heavy atom. The van der Waals surface area contributed by atoms with E-state index >= 15 is 0 Å². The van der Waals surface area contributed by atoms with Crippen LogP contribution in [0.1, 0.15) is 22.8 Å². The fraction of sp³-hybridized carbons (Fsp3) is 0.222. The lowest BCUT2D eigenvalue weighted by molar-refractivity contribution is -0.127. The molecule has 2 rings (SSSR count). The van der Waals surface area contributed by atoms with Gasteiger partial charge in [-0.05, 0) is 55.8 Å². The van der Waals surface area contributed by atoms with E-state index in [-0.39, 0.29) is 5.91 Å². The van der Waals surface area contributed by atoms with Crippen molar-refractivity contribution in [2.75, 3.05) is 12.4 Å². The lowest BCUT2D eigenvalue weighted by Crippen LogP contribution is -2.40. The lowest BCUT2D eigenvalue weighted by Gasteiger charge is -2.14. The van der Waals surface area contributed by atoms with E-state index in [0.717, 1.165) is 5.56 Å². The maximum atomic E-state index is 12.4. The average molecular weight is 343 g/mol. The Labute approximate surface area is 146 Å². The number of anilines is 1. The van der Waals surface area contributed by atoms with Crippen LogP contribution in [0.3, 0.4) is 0 Å². The largest absolute Gasteiger partial charge is 0.495 e. The highest BCUT2D eigenvalue weighted by molar-refractivity contribution is 6.05. The molecule has 0 heterocycles. The van der Waals surface area contributed by atoms with Crippen molar-refractivity contribution in [1.29, 1.82) is 0 Å². The van der Waals surface area contributed by atoms with Gasteiger partial charge in [0.05, 0.1) is 12.8 Å². The first-order chi connectivity index (χ1) is 11.9. The van der Waals surface area contributed by atoms with Crippen LogP contribution in [0.2, 0.25) is 0 Å². The summed E-state index contributed by atoms with van der Waals surface area (Å²) in [5, 5.41) is 2.82. The fourth-order valence-electron chi connectivity index (χ4n) is 2.17. The SMILES string of the molecule is COc1ccc(C)cc1NC(=O)c1ccc(O[C@@H](C)C(=O)NN)cc1. The Morgan fingerprint density at radius 2 is 1.80 bits per heavy atom. The number of benzene rings is 2. The molecule has 2 aromatic rings. The minimum absolute atomic E-state index is 0.275. The predicted molar refractivity (Wildman–Crippen MR) is 94.5 cm³/mol. The van der Waals surface area contributed by atoms with Gasteiger partial charge in [-0.25, -0.2) is 5.84 Å². The minimum Gasteiger partial charge on any atom is -0.495 e. The Morgan fingerprint density at radius 3 is 2.40 bits per heavy atom. The molecule has 7 heteroatoms. The van der Waals surface area contributed by atoms with Crippen molar-refractivity contribution in [1.82, 2.24) is 5.43 Å². The van der Waals surface area contributed by atoms with E-state index in [4.69, 9.17) is 15.3 Å². The zero-order valence-electron chi connectivity index (χ0n) is 14.3. The molecule has 0 aromatic heterocycles. The third-order valence-electron chi connectivity index (χ3n) is 3.54. The van der Waals surface area contributed by atoms with Gasteiger partial charge in [0, 0.05) is 5.56 Å². The van der Waals surface area contributed by atoms with Gasteiger partial charge in [-0.15, -0.1) is 0 Å². The van der Waals surface area contributed by atoms with Gasteiger partial charge in [-0.2, -0.15) is 0 Å². The summed E-state index contributed by atoms with van der Waals surface area (Å²) >= 11 is 0. The zero-order chi connectivity index (χ0) is 18.4. The number of nitrogens with two attached hydrogens (primary N) is 1. The molecule has 4 N–H and O–H groups in total. The van der Waals surface area contributed by atoms with Crippen LogP contribution in [0.5, 0.6) is 11.5 Å². The molecule has 0 saturated carbocycles. The van der Waals surface area contributed by atoms with Crippen LogP contribution in [0, 0.1) is 6.92 Å². The van der Waals surface area contributed by atoms with E-state index < -0.39 is 12.0 Å². The highest BCUT2D eigenvalue weighted by atomic mass is 16.5. The number of carbonyl (C=O) groups excluding carboxylic acids is 2. The van der Waals surface area contributed by atoms with E-state index in [1.54, 1.807) is 44.4 Å². The first-order valence-corrected chi connectivity index (χ1v) is 7.67. The molecular weight excluding hydrogens is 322 g/mol. The van der Waals surface area contributed by atoms with Crippen LogP contribution in [0.4, 0.5) is 5.69 Å². The van der Waals surface area contributed by atoms with Gasteiger partial charge >= 0.3 is 0 Å². The standard InChI is InChI=1S/C18H21N3O4/c1-11-4-9-16(24-3)15(10-11)20-18(23)13-5-7-14(8-6-13)25-12(2)17(22)21-19/h4-10,12H,19H2,1-3H3,(H,20,23)(H,21,22)/t12-/m0/s1. The molecule has 0 bridgehead atoms. The molecule has 7 nitrogen and oxygen atoms in total. The topological polar surface area (TPSA) is 103 Å². The summed E-state index contributed by atoms with van der Waals surface area (Å²) in [6.45, 7) is 3.51. The highest BCUT2D eigenvalue weighted by Gasteiger charge is 2.14. The van der Waals surface area contributed by atoms with Crippen LogP contribution in [-0.2, 0) is 4.79 Å². The number of hydrogen-bond donors (Lipinski definition) is 3. The number of nitrogens with one attached hydrogen (secondary N) is 2. The van der Waals surface area contributed by atoms with Gasteiger partial charge in [-0.1, -0.05) is 6.07 Å². The van der Waals surface area contributed by atoms with Crippen molar-refractivity contribution in [3.05, 3.63) is 53.6 Å². The van der Waals surface area contributed by atoms with Crippen LogP contribution in [0.15, 0.2) is 42.5 Å². The quantitative estimate of drug-likeness (QED) is 0.423. The molecule has 132 valence electrons. The number of hydrogen-bond acceptors (Lipinski definition) is 5. The molecule has 0 radical (unpaired) electrons. The minimum atomic E-state index is -0.735. The zero-order valence-corrected chi connectivity index (χ0v) is 14.3. The van der Waals surface area contributed by atoms with Crippen molar-refractivity contribution < 1.29 is 19.1 Å². The number of ether oxygens (including phenoxy) is 2. The summed E-state index contributed by atoms with van der Waals surface area (Å²) in [5.41, 5.74) is 4.07. The van der Waals surface area contributed by atoms with E-state index in [1.165, 1.54) is 0 Å². The molecule has 1 atom stereocenters. The van der Waals surface area contributed by atoms with Gasteiger partial charge < -0.3 is 14.8 Å². The second kappa shape index (κ2) is 8.16. The van der Waals surface area contributed by atoms with Crippen molar-refractivity contribution in [3.8, 4) is 11.5 Å². The molecule has 0 saturated heterocycles. The molecular formula is C18H21N3O4. The third-order valence-corrected chi connectivity index (χ3v) is 3.54. The molecule has 2 amide bonds. The van der Waals surface area contributed by atoms with Crippen molar-refractivity contribution in [3.63, 3.8) is 0 Å². The van der Waals surface area contributed by atoms with Gasteiger partial charge in [0.25, 0.3) is 11.8 Å². The molecule has 0 aliphatic carbocycles. The predicted octanol–water partition coefficient (Wildman–Crippen LogP) is 2.01. The normalized spacial score (nSPS) is 11.4. The van der Waals surface area contributed by atoms with Crippen LogP contribution < -0.4 is 26.1 Å². The van der Waals surface area contributed by atoms with Crippen molar-refractivity contribution in [2.45, 2.75) is 20.0 Å². The second-order valence-electron chi connectivity index (χ2n) is 5.45. The van der Waals surface area contributed by atoms with Crippen LogP contribution >= 0.6 is 0 Å². The number of hydrazine groups is 1. The summed E-state index contributed by atoms with van der Waals surface area (Å²) in [7, 11) is 1.55. The van der Waals surface area contributed by atoms with E-state index in [1.807, 2.05) is 24.5 Å². The molecule has 0 unspecified atom stereocenters. The maximum Gasteiger partial charge on any atom is 0.274 e. The summed E-state index contributed by atoms with van der Waals surface area (Å²) in [6.07, 6.45) is -0.735. The summed E-state index contributed by atoms with van der Waals surface area (Å²) < 4.78 is 10.7. The Kier molecular flexibility index (Phi) is 5.97. The third kappa shape index (κ3) is 4.71. The summed E-state index contributed by atoms with van der Waals surface area (Å²) in [5.74, 6) is 5.39. The highest BCUT2D eigenvalue weighted by Crippen LogP contribution is 2.26. The molecule has 0 fully saturated rings. The summed E-state index contributed by atoms with van der Waals surface area (Å²) in [6, 6.07) is 12.0. The number of amides is 2. The van der Waals surface area contributed by atoms with Gasteiger partial charge in [0.15, 0.2) is 6.10 Å². The second-order valence-corrected chi connectivity index (χ2v) is 5.45. The number of carbonyl (C=O) groups is 2. The van der Waals surface area contributed by atoms with Gasteiger partial charge in [0.1, 0.15) is 11.5 Å². The Balaban J connectivity index is 2.08. The maximum absolute atomic E-state index is 12.4. The van der Waals surface area contributed by atoms with Gasteiger partial charge in [-0.3, -0.25) is 15.0 Å². The Hall–Kier alpha value is -3.06. The molecule has 2 aromatic carbocycles. The van der Waals surface area contributed by atoms with E-state index in [2.05, 4.69) is 5.32 Å². The molecule has 0 aliphatic heterocycles. The fourth-order valence-corrected chi connectivity index (χ4v) is 2.17. The van der Waals surface area contributed by atoms with E-state index in [9.17, 15) is 9.59 Å². The molecule has 0 spiro atoms. The Bertz CT molecular complexity index is 759. The van der Waals surface area contributed by atoms with Gasteiger partial charge in [0.2, 0.25) is 0 Å². The first-order valence-electron chi connectivity index (χ1n) is 7.67. The van der Waals surface area contributed by atoms with Crippen molar-refractivity contribution in [2.24, 2.45) is 5.84 Å². The molecule has 25 heavy (non-hydrogen) atoms. The number of aryl methyl sites for hydroxylation is 1. The monoisotopic (exact) mass is 343 g/mol. The summed E-state index contributed by atoms with van der Waals surface area (Å²) in [4.78, 5) is 23.7. The average Bonchev–Trinajstić information content (AvgIpc) is 2.61. The van der Waals surface area contributed by atoms with Crippen LogP contribution in [0.25, 0.3) is 0 Å². The van der Waals surface area contributed by atoms with Crippen LogP contribution in [-0.4, -0.2) is 25.0 Å². The first kappa shape index (κ1) is 18.3.